The molecular weight excluding hydrogens is 404 g/mol. The summed E-state index contributed by atoms with van der Waals surface area (Å²) in [7, 11) is 0. The smallest absolute Gasteiger partial charge is 0.249 e. The molecule has 1 aliphatic heterocycles. The molecule has 3 N–H and O–H groups in total. The minimum atomic E-state index is -2.96. The molecule has 2 rings (SSSR count). The third kappa shape index (κ3) is 6.11. The molecule has 2 unspecified atom stereocenters. The van der Waals surface area contributed by atoms with Crippen molar-refractivity contribution in [1.82, 2.24) is 20.6 Å². The van der Waals surface area contributed by atoms with E-state index in [1.165, 1.54) is 0 Å². The average Bonchev–Trinajstić information content (AvgIpc) is 2.90. The summed E-state index contributed by atoms with van der Waals surface area (Å²) in [5.74, 6) is 0.718. The lowest BCUT2D eigenvalue weighted by Gasteiger charge is -2.20. The first-order valence-corrected chi connectivity index (χ1v) is 11.8. The van der Waals surface area contributed by atoms with E-state index in [4.69, 9.17) is 23.2 Å². The normalized spacial score (nSPS) is 22.6. The molecule has 0 aromatic carbocycles. The van der Waals surface area contributed by atoms with Crippen molar-refractivity contribution in [3.05, 3.63) is 18.5 Å². The molecule has 0 fully saturated rings. The first-order chi connectivity index (χ1) is 12.0. The third-order valence-electron chi connectivity index (χ3n) is 3.07. The predicted molar refractivity (Wildman–Crippen MR) is 107 cm³/mol. The molecule has 8 nitrogen and oxygen atoms in total. The number of amidine groups is 1. The second-order valence-electron chi connectivity index (χ2n) is 5.60. The highest BCUT2D eigenvalue weighted by Crippen LogP contribution is 2.64. The molecule has 1 aliphatic rings. The van der Waals surface area contributed by atoms with Crippen molar-refractivity contribution < 1.29 is 4.57 Å². The molecule has 0 bridgehead atoms. The van der Waals surface area contributed by atoms with Crippen molar-refractivity contribution in [2.75, 3.05) is 17.2 Å². The minimum absolute atomic E-state index is 0.215. The second-order valence-corrected chi connectivity index (χ2v) is 10.9. The van der Waals surface area contributed by atoms with Gasteiger partial charge in [-0.1, -0.05) is 13.8 Å². The minimum Gasteiger partial charge on any atom is -0.291 e. The lowest BCUT2D eigenvalue weighted by Crippen LogP contribution is -2.23. The SMILES string of the molecule is CC(C)CC1N=C(NN=C(CCl)CCl)SP1(=O)NNc1ncccn1. The van der Waals surface area contributed by atoms with Crippen LogP contribution in [-0.2, 0) is 4.57 Å². The van der Waals surface area contributed by atoms with Crippen molar-refractivity contribution in [2.45, 2.75) is 26.1 Å². The van der Waals surface area contributed by atoms with Crippen LogP contribution in [0.15, 0.2) is 28.6 Å². The van der Waals surface area contributed by atoms with Crippen molar-refractivity contribution in [3.63, 3.8) is 0 Å². The van der Waals surface area contributed by atoms with Crippen LogP contribution < -0.4 is 16.0 Å². The Labute approximate surface area is 160 Å². The number of hydrazone groups is 1. The third-order valence-corrected chi connectivity index (χ3v) is 8.20. The Morgan fingerprint density at radius 1 is 1.36 bits per heavy atom. The van der Waals surface area contributed by atoms with Gasteiger partial charge in [0.25, 0.3) is 0 Å². The van der Waals surface area contributed by atoms with Crippen molar-refractivity contribution >= 4 is 57.9 Å². The zero-order valence-electron chi connectivity index (χ0n) is 13.8. The van der Waals surface area contributed by atoms with Crippen LogP contribution in [-0.4, -0.2) is 38.4 Å². The number of aliphatic imine (C=N–C) groups is 1. The molecule has 2 atom stereocenters. The Hall–Kier alpha value is -0.860. The van der Waals surface area contributed by atoms with Crippen molar-refractivity contribution in [1.29, 1.82) is 0 Å². The molecule has 0 saturated carbocycles. The maximum atomic E-state index is 13.3. The van der Waals surface area contributed by atoms with Gasteiger partial charge in [-0.05, 0) is 29.8 Å². The van der Waals surface area contributed by atoms with Crippen molar-refractivity contribution in [2.24, 2.45) is 16.0 Å². The van der Waals surface area contributed by atoms with Gasteiger partial charge >= 0.3 is 0 Å². The molecule has 2 heterocycles. The van der Waals surface area contributed by atoms with E-state index >= 15 is 0 Å². The van der Waals surface area contributed by atoms with E-state index in [1.807, 2.05) is 0 Å². The Morgan fingerprint density at radius 3 is 2.64 bits per heavy atom. The fourth-order valence-electron chi connectivity index (χ4n) is 1.90. The molecular formula is C13H20Cl2N7OPS. The van der Waals surface area contributed by atoms with Gasteiger partial charge in [-0.2, -0.15) is 10.3 Å². The van der Waals surface area contributed by atoms with Crippen LogP contribution in [0.1, 0.15) is 20.3 Å². The van der Waals surface area contributed by atoms with Gasteiger partial charge in [-0.15, -0.1) is 23.2 Å². The molecule has 1 aromatic rings. The summed E-state index contributed by atoms with van der Waals surface area (Å²) in [5.41, 5.74) is 6.18. The molecule has 0 saturated heterocycles. The van der Waals surface area contributed by atoms with Gasteiger partial charge in [0.05, 0.1) is 17.5 Å². The van der Waals surface area contributed by atoms with Gasteiger partial charge in [0.2, 0.25) is 12.4 Å². The van der Waals surface area contributed by atoms with Crippen LogP contribution in [0.4, 0.5) is 5.95 Å². The van der Waals surface area contributed by atoms with Crippen LogP contribution in [0.25, 0.3) is 0 Å². The molecule has 0 aliphatic carbocycles. The Balaban J connectivity index is 2.08. The number of hydrogen-bond donors (Lipinski definition) is 3. The summed E-state index contributed by atoms with van der Waals surface area (Å²) in [6.45, 7) is 1.15. The highest BCUT2D eigenvalue weighted by Gasteiger charge is 2.41. The van der Waals surface area contributed by atoms with Crippen LogP contribution in [0, 0.1) is 5.92 Å². The molecule has 0 radical (unpaired) electrons. The van der Waals surface area contributed by atoms with E-state index in [-0.39, 0.29) is 17.5 Å². The number of rotatable bonds is 8. The van der Waals surface area contributed by atoms with Gasteiger partial charge in [0.1, 0.15) is 5.78 Å². The fraction of sp³-hybridized carbons (Fsp3) is 0.538. The Bertz CT molecular complexity index is 668. The fourth-order valence-corrected chi connectivity index (χ4v) is 6.51. The molecule has 12 heteroatoms. The van der Waals surface area contributed by atoms with Gasteiger partial charge in [0.15, 0.2) is 5.17 Å². The number of alkyl halides is 2. The van der Waals surface area contributed by atoms with E-state index in [0.717, 1.165) is 11.4 Å². The Morgan fingerprint density at radius 2 is 2.04 bits per heavy atom. The van der Waals surface area contributed by atoms with Gasteiger partial charge in [0, 0.05) is 12.4 Å². The second kappa shape index (κ2) is 9.73. The standard InChI is InChI=1S/C13H20Cl2N7OPS/c1-9(2)6-11-18-13(21-19-10(7-14)8-15)25-24(11,23)22-20-12-16-4-3-5-17-12/h3-5,9,11H,6-8H2,1-2H3,(H,18,21)(H,22,23)(H,16,17,20). The van der Waals surface area contributed by atoms with Crippen LogP contribution in [0.2, 0.25) is 0 Å². The Kier molecular flexibility index (Phi) is 7.96. The predicted octanol–water partition coefficient (Wildman–Crippen LogP) is 3.48. The summed E-state index contributed by atoms with van der Waals surface area (Å²) in [4.78, 5) is 12.6. The molecule has 0 amide bonds. The molecule has 0 spiro atoms. The number of halogens is 2. The van der Waals surface area contributed by atoms with Crippen LogP contribution >= 0.6 is 41.1 Å². The molecule has 1 aromatic heterocycles. The highest BCUT2D eigenvalue weighted by atomic mass is 35.5. The topological polar surface area (TPSA) is 104 Å². The van der Waals surface area contributed by atoms with Gasteiger partial charge in [-0.25, -0.2) is 15.0 Å². The highest BCUT2D eigenvalue weighted by molar-refractivity contribution is 8.65. The summed E-state index contributed by atoms with van der Waals surface area (Å²) >= 11 is 12.6. The monoisotopic (exact) mass is 423 g/mol. The number of anilines is 1. The van der Waals surface area contributed by atoms with Crippen molar-refractivity contribution in [3.8, 4) is 0 Å². The number of aromatic nitrogens is 2. The zero-order valence-corrected chi connectivity index (χ0v) is 17.0. The van der Waals surface area contributed by atoms with Gasteiger partial charge in [-0.3, -0.25) is 15.4 Å². The van der Waals surface area contributed by atoms with E-state index < -0.39 is 6.49 Å². The van der Waals surface area contributed by atoms with Crippen LogP contribution in [0.5, 0.6) is 0 Å². The summed E-state index contributed by atoms with van der Waals surface area (Å²) in [6, 6.07) is 1.70. The van der Waals surface area contributed by atoms with Gasteiger partial charge < -0.3 is 0 Å². The number of nitrogens with zero attached hydrogens (tertiary/aromatic N) is 4. The van der Waals surface area contributed by atoms with E-state index in [1.54, 1.807) is 18.5 Å². The number of hydrogen-bond acceptors (Lipinski definition) is 8. The van der Waals surface area contributed by atoms with E-state index in [2.05, 4.69) is 50.0 Å². The summed E-state index contributed by atoms with van der Waals surface area (Å²) in [5, 5.41) is 7.42. The maximum absolute atomic E-state index is 13.3. The zero-order chi connectivity index (χ0) is 18.3. The summed E-state index contributed by atoms with van der Waals surface area (Å²) in [6.07, 6.45) is 3.86. The number of nitrogens with one attached hydrogen (secondary N) is 3. The largest absolute Gasteiger partial charge is 0.291 e. The van der Waals surface area contributed by atoms with E-state index in [0.29, 0.717) is 29.2 Å². The van der Waals surface area contributed by atoms with E-state index in [9.17, 15) is 4.57 Å². The first kappa shape index (κ1) is 20.5. The summed E-state index contributed by atoms with van der Waals surface area (Å²) < 4.78 is 13.3. The average molecular weight is 424 g/mol. The molecule has 25 heavy (non-hydrogen) atoms. The maximum Gasteiger partial charge on any atom is 0.249 e. The molecule has 138 valence electrons. The first-order valence-electron chi connectivity index (χ1n) is 7.57. The lowest BCUT2D eigenvalue weighted by molar-refractivity contribution is 0.531. The lowest BCUT2D eigenvalue weighted by atomic mass is 10.1. The number of hydrazine groups is 1. The van der Waals surface area contributed by atoms with Crippen LogP contribution in [0.3, 0.4) is 0 Å². The quantitative estimate of drug-likeness (QED) is 0.254.